The van der Waals surface area contributed by atoms with Gasteiger partial charge in [-0.15, -0.1) is 0 Å². The third-order valence-corrected chi connectivity index (χ3v) is 7.20. The normalized spacial score (nSPS) is 11.1. The van der Waals surface area contributed by atoms with Gasteiger partial charge in [0.1, 0.15) is 11.6 Å². The Labute approximate surface area is 297 Å². The van der Waals surface area contributed by atoms with Gasteiger partial charge in [0.05, 0.1) is 49.7 Å². The molecule has 0 radical (unpaired) electrons. The Kier molecular flexibility index (Phi) is 16.0. The number of benzene rings is 2. The zero-order valence-corrected chi connectivity index (χ0v) is 30.1. The average molecular weight is 724 g/mol. The van der Waals surface area contributed by atoms with Crippen molar-refractivity contribution in [2.24, 2.45) is 12.1 Å². The van der Waals surface area contributed by atoms with Crippen molar-refractivity contribution in [2.75, 3.05) is 36.2 Å². The number of esters is 1. The number of fused-ring (bicyclic) bond motifs is 1. The highest BCUT2D eigenvalue weighted by atomic mass is 32.2. The first kappa shape index (κ1) is 40.1. The summed E-state index contributed by atoms with van der Waals surface area (Å²) >= 11 is 0. The maximum absolute atomic E-state index is 13.6. The average Bonchev–Trinajstić information content (AvgIpc) is 3.41. The minimum Gasteiger partial charge on any atom is -0.466 e. The molecule has 274 valence electrons. The Bertz CT molecular complexity index is 1860. The van der Waals surface area contributed by atoms with Crippen LogP contribution in [-0.4, -0.2) is 77.7 Å². The largest absolute Gasteiger partial charge is 0.466 e. The van der Waals surface area contributed by atoms with Crippen LogP contribution in [0, 0.1) is 0 Å². The number of hydrogen-bond donors (Lipinski definition) is 3. The van der Waals surface area contributed by atoms with Crippen molar-refractivity contribution < 1.29 is 36.8 Å². The smallest absolute Gasteiger partial charge is 0.427 e. The molecular weight excluding hydrogens is 678 g/mol. The number of aromatic nitrogens is 3. The van der Waals surface area contributed by atoms with Gasteiger partial charge in [0, 0.05) is 31.0 Å². The molecule has 2 heterocycles. The molecule has 0 spiro atoms. The molecule has 2 aromatic heterocycles. The second kappa shape index (κ2) is 20.4. The van der Waals surface area contributed by atoms with Crippen molar-refractivity contribution in [1.29, 1.82) is 0 Å². The topological polar surface area (TPSA) is 194 Å². The Morgan fingerprint density at radius 2 is 1.76 bits per heavy atom. The highest BCUT2D eigenvalue weighted by Gasteiger charge is 2.21. The lowest BCUT2D eigenvalue weighted by atomic mass is 10.1. The Morgan fingerprint density at radius 1 is 1.02 bits per heavy atom. The summed E-state index contributed by atoms with van der Waals surface area (Å²) in [6.45, 7) is 5.13. The van der Waals surface area contributed by atoms with Gasteiger partial charge in [-0.25, -0.2) is 20.2 Å². The van der Waals surface area contributed by atoms with Crippen LogP contribution in [0.25, 0.3) is 11.0 Å². The van der Waals surface area contributed by atoms with Gasteiger partial charge in [0.25, 0.3) is 16.0 Å². The van der Waals surface area contributed by atoms with E-state index in [4.69, 9.17) is 19.0 Å². The highest BCUT2D eigenvalue weighted by Crippen LogP contribution is 2.21. The standard InChI is InChI=1S/C34H41N7O5.CH4O3S/c1-4-6-7-10-21-46-34(44)39-37-23-25-12-15-27(16-13-25)36-24-31-38-28-22-26(14-17-29(28)40(31)3)33(43)41(20-18-32(42)45-5-2)30-11-8-9-19-35-30;1-5(2,3)4/h8-9,11-17,19,22-23,36H,4-7,10,18,20-21,24H2,1-3H3,(H,39,44);1H3,(H,2,3,4)/b37-23-;. The lowest BCUT2D eigenvalue weighted by Crippen LogP contribution is -2.34. The molecule has 2 amide bonds. The Morgan fingerprint density at radius 3 is 2.43 bits per heavy atom. The van der Waals surface area contributed by atoms with Crippen molar-refractivity contribution in [3.05, 3.63) is 83.8 Å². The number of carbonyl (C=O) groups excluding carboxylic acids is 3. The first-order chi connectivity index (χ1) is 24.4. The molecule has 0 aliphatic heterocycles. The van der Waals surface area contributed by atoms with Crippen LogP contribution in [-0.2, 0) is 38.0 Å². The zero-order valence-electron chi connectivity index (χ0n) is 29.2. The number of imidazole rings is 1. The van der Waals surface area contributed by atoms with Gasteiger partial charge in [0.2, 0.25) is 0 Å². The van der Waals surface area contributed by atoms with E-state index in [-0.39, 0.29) is 31.4 Å². The van der Waals surface area contributed by atoms with E-state index in [1.807, 2.05) is 41.9 Å². The SMILES string of the molecule is CCCCCCOC(=O)N/N=C\c1ccc(NCc2nc3cc(C(=O)N(CCC(=O)OCC)c4ccccn4)ccc3n2C)cc1.CS(=O)(=O)O. The highest BCUT2D eigenvalue weighted by molar-refractivity contribution is 7.85. The molecule has 3 N–H and O–H groups in total. The summed E-state index contributed by atoms with van der Waals surface area (Å²) in [6, 6.07) is 18.3. The van der Waals surface area contributed by atoms with Crippen LogP contribution < -0.4 is 15.6 Å². The number of nitrogens with zero attached hydrogens (tertiary/aromatic N) is 5. The maximum atomic E-state index is 13.6. The number of nitrogens with one attached hydrogen (secondary N) is 2. The number of hydrazone groups is 1. The fraction of sp³-hybridized carbons (Fsp3) is 0.371. The van der Waals surface area contributed by atoms with Crippen LogP contribution in [0.4, 0.5) is 16.3 Å². The van der Waals surface area contributed by atoms with E-state index in [2.05, 4.69) is 27.8 Å². The molecule has 15 nitrogen and oxygen atoms in total. The molecule has 0 fully saturated rings. The summed E-state index contributed by atoms with van der Waals surface area (Å²) in [5, 5.41) is 7.33. The van der Waals surface area contributed by atoms with E-state index in [1.54, 1.807) is 49.7 Å². The molecule has 16 heteroatoms. The van der Waals surface area contributed by atoms with Crippen molar-refractivity contribution in [3.8, 4) is 0 Å². The summed E-state index contributed by atoms with van der Waals surface area (Å²) in [4.78, 5) is 48.0. The molecular formula is C35H45N7O8S. The molecule has 0 unspecified atom stereocenters. The number of carbonyl (C=O) groups is 3. The molecule has 0 atom stereocenters. The fourth-order valence-corrected chi connectivity index (χ4v) is 4.72. The number of unbranched alkanes of at least 4 members (excludes halogenated alkanes) is 3. The predicted molar refractivity (Wildman–Crippen MR) is 195 cm³/mol. The van der Waals surface area contributed by atoms with Crippen LogP contribution >= 0.6 is 0 Å². The quantitative estimate of drug-likeness (QED) is 0.0445. The van der Waals surface area contributed by atoms with E-state index in [9.17, 15) is 22.8 Å². The number of amides is 2. The monoisotopic (exact) mass is 723 g/mol. The summed E-state index contributed by atoms with van der Waals surface area (Å²) in [7, 11) is -1.74. The van der Waals surface area contributed by atoms with Crippen LogP contribution in [0.15, 0.2) is 72.0 Å². The second-order valence-electron chi connectivity index (χ2n) is 11.3. The van der Waals surface area contributed by atoms with Gasteiger partial charge in [0.15, 0.2) is 0 Å². The number of pyridine rings is 1. The molecule has 0 bridgehead atoms. The maximum Gasteiger partial charge on any atom is 0.427 e. The van der Waals surface area contributed by atoms with E-state index in [1.165, 1.54) is 4.90 Å². The Hall–Kier alpha value is -5.35. The lowest BCUT2D eigenvalue weighted by molar-refractivity contribution is -0.142. The van der Waals surface area contributed by atoms with E-state index < -0.39 is 16.2 Å². The van der Waals surface area contributed by atoms with Gasteiger partial charge in [-0.3, -0.25) is 19.0 Å². The van der Waals surface area contributed by atoms with E-state index in [0.717, 1.165) is 48.3 Å². The summed E-state index contributed by atoms with van der Waals surface area (Å²) in [5.41, 5.74) is 6.07. The van der Waals surface area contributed by atoms with E-state index in [0.29, 0.717) is 36.3 Å². The fourth-order valence-electron chi connectivity index (χ4n) is 4.72. The third-order valence-electron chi connectivity index (χ3n) is 7.20. The van der Waals surface area contributed by atoms with Crippen LogP contribution in [0.5, 0.6) is 0 Å². The summed E-state index contributed by atoms with van der Waals surface area (Å²) in [6.07, 6.45) is 7.51. The molecule has 0 saturated heterocycles. The van der Waals surface area contributed by atoms with Gasteiger partial charge in [-0.2, -0.15) is 13.5 Å². The molecule has 0 aliphatic rings. The van der Waals surface area contributed by atoms with Gasteiger partial charge in [-0.1, -0.05) is 44.4 Å². The summed E-state index contributed by atoms with van der Waals surface area (Å²) < 4.78 is 38.0. The second-order valence-corrected chi connectivity index (χ2v) is 12.7. The minimum atomic E-state index is -3.67. The minimum absolute atomic E-state index is 0.0519. The predicted octanol–water partition coefficient (Wildman–Crippen LogP) is 5.32. The van der Waals surface area contributed by atoms with Crippen molar-refractivity contribution >= 4 is 56.8 Å². The molecule has 0 aliphatic carbocycles. The number of aryl methyl sites for hydroxylation is 1. The van der Waals surface area contributed by atoms with Gasteiger partial charge < -0.3 is 19.4 Å². The first-order valence-corrected chi connectivity index (χ1v) is 18.3. The molecule has 51 heavy (non-hydrogen) atoms. The first-order valence-electron chi connectivity index (χ1n) is 16.5. The molecule has 0 saturated carbocycles. The zero-order chi connectivity index (χ0) is 37.2. The number of hydrogen-bond acceptors (Lipinski definition) is 11. The van der Waals surface area contributed by atoms with Gasteiger partial charge >= 0.3 is 12.1 Å². The molecule has 2 aromatic carbocycles. The van der Waals surface area contributed by atoms with Crippen LogP contribution in [0.1, 0.15) is 67.7 Å². The molecule has 4 aromatic rings. The van der Waals surface area contributed by atoms with Crippen molar-refractivity contribution in [3.63, 3.8) is 0 Å². The van der Waals surface area contributed by atoms with Crippen molar-refractivity contribution in [1.82, 2.24) is 20.0 Å². The third kappa shape index (κ3) is 14.2. The van der Waals surface area contributed by atoms with Crippen LogP contribution in [0.2, 0.25) is 0 Å². The molecule has 4 rings (SSSR count). The lowest BCUT2D eigenvalue weighted by Gasteiger charge is -2.21. The van der Waals surface area contributed by atoms with Crippen molar-refractivity contribution in [2.45, 2.75) is 52.5 Å². The number of anilines is 2. The number of ether oxygens (including phenoxy) is 2. The van der Waals surface area contributed by atoms with Gasteiger partial charge in [-0.05, 0) is 61.4 Å². The Balaban J connectivity index is 0.00000131. The van der Waals surface area contributed by atoms with Crippen LogP contribution in [0.3, 0.4) is 0 Å². The van der Waals surface area contributed by atoms with E-state index >= 15 is 0 Å². The number of rotatable bonds is 16. The summed E-state index contributed by atoms with van der Waals surface area (Å²) in [5.74, 6) is 0.575.